The topological polar surface area (TPSA) is 81.4 Å². The average Bonchev–Trinajstić information content (AvgIpc) is 2.97. The summed E-state index contributed by atoms with van der Waals surface area (Å²) >= 11 is 1.50. The molecule has 1 atom stereocenters. The van der Waals surface area contributed by atoms with E-state index in [4.69, 9.17) is 10.5 Å². The molecule has 2 amide bonds. The number of hydrogen-bond donors (Lipinski definition) is 2. The Morgan fingerprint density at radius 1 is 1.30 bits per heavy atom. The van der Waals surface area contributed by atoms with Gasteiger partial charge in [0.05, 0.1) is 12.2 Å². The van der Waals surface area contributed by atoms with Crippen molar-refractivity contribution in [2.45, 2.75) is 46.0 Å². The van der Waals surface area contributed by atoms with Crippen LogP contribution in [0.2, 0.25) is 0 Å². The molecular weight excluding hydrogens is 360 g/mol. The van der Waals surface area contributed by atoms with E-state index in [1.54, 1.807) is 0 Å². The van der Waals surface area contributed by atoms with E-state index >= 15 is 0 Å². The minimum atomic E-state index is -0.458. The van der Waals surface area contributed by atoms with Gasteiger partial charge in [0, 0.05) is 11.3 Å². The summed E-state index contributed by atoms with van der Waals surface area (Å²) in [6.45, 7) is 4.70. The molecule has 1 heterocycles. The van der Waals surface area contributed by atoms with Gasteiger partial charge in [-0.3, -0.25) is 9.59 Å². The Balaban J connectivity index is 1.54. The van der Waals surface area contributed by atoms with E-state index in [0.717, 1.165) is 30.6 Å². The highest BCUT2D eigenvalue weighted by molar-refractivity contribution is 7.17. The second-order valence-electron chi connectivity index (χ2n) is 7.23. The number of amides is 2. The number of nitrogens with two attached hydrogens (primary N) is 1. The SMILES string of the molecule is Cc1ccc(OCCCC(=O)Nc2sc3c(c2C(N)=O)CC[C@H](C)C3)cc1. The molecule has 0 bridgehead atoms. The third kappa shape index (κ3) is 4.89. The van der Waals surface area contributed by atoms with Gasteiger partial charge < -0.3 is 15.8 Å². The molecule has 3 N–H and O–H groups in total. The number of anilines is 1. The molecule has 1 aromatic heterocycles. The highest BCUT2D eigenvalue weighted by Crippen LogP contribution is 2.39. The predicted octanol–water partition coefficient (Wildman–Crippen LogP) is 4.08. The first-order valence-electron chi connectivity index (χ1n) is 9.37. The Morgan fingerprint density at radius 2 is 2.04 bits per heavy atom. The van der Waals surface area contributed by atoms with Crippen LogP contribution in [0.25, 0.3) is 0 Å². The number of thiophene rings is 1. The summed E-state index contributed by atoms with van der Waals surface area (Å²) in [4.78, 5) is 25.4. The van der Waals surface area contributed by atoms with E-state index in [1.165, 1.54) is 21.8 Å². The lowest BCUT2D eigenvalue weighted by Gasteiger charge is -2.18. The summed E-state index contributed by atoms with van der Waals surface area (Å²) in [7, 11) is 0. The monoisotopic (exact) mass is 386 g/mol. The molecule has 27 heavy (non-hydrogen) atoms. The fraction of sp³-hybridized carbons (Fsp3) is 0.429. The number of fused-ring (bicyclic) bond motifs is 1. The second kappa shape index (κ2) is 8.57. The highest BCUT2D eigenvalue weighted by atomic mass is 32.1. The standard InChI is InChI=1S/C21H26N2O3S/c1-13-5-8-15(9-6-13)26-11-3-4-18(24)23-21-19(20(22)25)16-10-7-14(2)12-17(16)27-21/h5-6,8-9,14H,3-4,7,10-12H2,1-2H3,(H2,22,25)(H,23,24)/t14-/m0/s1. The number of hydrogen-bond acceptors (Lipinski definition) is 4. The van der Waals surface area contributed by atoms with Crippen molar-refractivity contribution in [2.75, 3.05) is 11.9 Å². The van der Waals surface area contributed by atoms with Gasteiger partial charge in [-0.05, 0) is 56.2 Å². The quantitative estimate of drug-likeness (QED) is 0.704. The number of rotatable bonds is 7. The van der Waals surface area contributed by atoms with Gasteiger partial charge in [-0.15, -0.1) is 11.3 Å². The lowest BCUT2D eigenvalue weighted by molar-refractivity contribution is -0.116. The minimum absolute atomic E-state index is 0.114. The van der Waals surface area contributed by atoms with Gasteiger partial charge in [0.2, 0.25) is 5.91 Å². The average molecular weight is 387 g/mol. The van der Waals surface area contributed by atoms with E-state index in [9.17, 15) is 9.59 Å². The van der Waals surface area contributed by atoms with Crippen molar-refractivity contribution in [3.63, 3.8) is 0 Å². The number of carbonyl (C=O) groups excluding carboxylic acids is 2. The second-order valence-corrected chi connectivity index (χ2v) is 8.34. The van der Waals surface area contributed by atoms with Crippen LogP contribution in [0, 0.1) is 12.8 Å². The maximum atomic E-state index is 12.3. The molecule has 0 fully saturated rings. The Kier molecular flexibility index (Phi) is 6.16. The van der Waals surface area contributed by atoms with Crippen LogP contribution in [0.1, 0.15) is 52.5 Å². The van der Waals surface area contributed by atoms with E-state index < -0.39 is 5.91 Å². The van der Waals surface area contributed by atoms with Gasteiger partial charge >= 0.3 is 0 Å². The highest BCUT2D eigenvalue weighted by Gasteiger charge is 2.27. The largest absolute Gasteiger partial charge is 0.494 e. The van der Waals surface area contributed by atoms with E-state index in [-0.39, 0.29) is 5.91 Å². The lowest BCUT2D eigenvalue weighted by Crippen LogP contribution is -2.19. The Hall–Kier alpha value is -2.34. The number of carbonyl (C=O) groups is 2. The van der Waals surface area contributed by atoms with Crippen LogP contribution in [-0.4, -0.2) is 18.4 Å². The molecule has 0 aliphatic heterocycles. The number of benzene rings is 1. The zero-order chi connectivity index (χ0) is 19.4. The Morgan fingerprint density at radius 3 is 2.74 bits per heavy atom. The molecule has 0 saturated carbocycles. The molecule has 1 aliphatic carbocycles. The third-order valence-electron chi connectivity index (χ3n) is 4.85. The summed E-state index contributed by atoms with van der Waals surface area (Å²) in [5.74, 6) is 0.827. The normalized spacial score (nSPS) is 15.9. The summed E-state index contributed by atoms with van der Waals surface area (Å²) in [6.07, 6.45) is 3.79. The number of aryl methyl sites for hydroxylation is 1. The van der Waals surface area contributed by atoms with Gasteiger partial charge in [0.25, 0.3) is 5.91 Å². The zero-order valence-electron chi connectivity index (χ0n) is 15.8. The third-order valence-corrected chi connectivity index (χ3v) is 6.02. The summed E-state index contributed by atoms with van der Waals surface area (Å²) in [5, 5.41) is 3.50. The molecule has 2 aromatic rings. The first-order valence-corrected chi connectivity index (χ1v) is 10.2. The Bertz CT molecular complexity index is 827. The smallest absolute Gasteiger partial charge is 0.251 e. The summed E-state index contributed by atoms with van der Waals surface area (Å²) in [6, 6.07) is 7.83. The molecule has 3 rings (SSSR count). The van der Waals surface area contributed by atoms with Gasteiger partial charge in [0.15, 0.2) is 0 Å². The van der Waals surface area contributed by atoms with Crippen molar-refractivity contribution < 1.29 is 14.3 Å². The van der Waals surface area contributed by atoms with Crippen LogP contribution >= 0.6 is 11.3 Å². The fourth-order valence-corrected chi connectivity index (χ4v) is 4.78. The molecule has 6 heteroatoms. The van der Waals surface area contributed by atoms with Gasteiger partial charge in [-0.25, -0.2) is 0 Å². The molecule has 0 radical (unpaired) electrons. The zero-order valence-corrected chi connectivity index (χ0v) is 16.7. The Labute approximate surface area is 163 Å². The van der Waals surface area contributed by atoms with Crippen molar-refractivity contribution in [3.8, 4) is 5.75 Å². The molecule has 144 valence electrons. The molecule has 5 nitrogen and oxygen atoms in total. The number of primary amides is 1. The van der Waals surface area contributed by atoms with E-state index in [1.807, 2.05) is 31.2 Å². The fourth-order valence-electron chi connectivity index (χ4n) is 3.35. The first-order chi connectivity index (χ1) is 12.9. The van der Waals surface area contributed by atoms with Crippen LogP contribution in [0.3, 0.4) is 0 Å². The molecule has 1 aliphatic rings. The van der Waals surface area contributed by atoms with Gasteiger partial charge in [-0.1, -0.05) is 24.6 Å². The lowest BCUT2D eigenvalue weighted by atomic mass is 9.88. The van der Waals surface area contributed by atoms with Crippen LogP contribution in [0.4, 0.5) is 5.00 Å². The van der Waals surface area contributed by atoms with Crippen molar-refractivity contribution in [1.29, 1.82) is 0 Å². The van der Waals surface area contributed by atoms with Crippen LogP contribution in [0.5, 0.6) is 5.75 Å². The van der Waals surface area contributed by atoms with Crippen molar-refractivity contribution in [2.24, 2.45) is 11.7 Å². The number of ether oxygens (including phenoxy) is 1. The predicted molar refractivity (Wildman–Crippen MR) is 109 cm³/mol. The number of nitrogens with one attached hydrogen (secondary N) is 1. The molecule has 0 unspecified atom stereocenters. The van der Waals surface area contributed by atoms with Crippen molar-refractivity contribution in [1.82, 2.24) is 0 Å². The first kappa shape index (κ1) is 19.4. The summed E-state index contributed by atoms with van der Waals surface area (Å²) < 4.78 is 5.65. The maximum absolute atomic E-state index is 12.3. The van der Waals surface area contributed by atoms with Crippen LogP contribution < -0.4 is 15.8 Å². The van der Waals surface area contributed by atoms with Crippen molar-refractivity contribution >= 4 is 28.2 Å². The molecule has 1 aromatic carbocycles. The van der Waals surface area contributed by atoms with Crippen LogP contribution in [0.15, 0.2) is 24.3 Å². The molecule has 0 spiro atoms. The minimum Gasteiger partial charge on any atom is -0.494 e. The maximum Gasteiger partial charge on any atom is 0.251 e. The van der Waals surface area contributed by atoms with Gasteiger partial charge in [-0.2, -0.15) is 0 Å². The molecular formula is C21H26N2O3S. The van der Waals surface area contributed by atoms with E-state index in [2.05, 4.69) is 12.2 Å². The van der Waals surface area contributed by atoms with Gasteiger partial charge in [0.1, 0.15) is 10.8 Å². The van der Waals surface area contributed by atoms with E-state index in [0.29, 0.717) is 35.9 Å². The van der Waals surface area contributed by atoms with Crippen LogP contribution in [-0.2, 0) is 17.6 Å². The molecule has 0 saturated heterocycles. The van der Waals surface area contributed by atoms with Crippen molar-refractivity contribution in [3.05, 3.63) is 45.8 Å². The summed E-state index contributed by atoms with van der Waals surface area (Å²) in [5.41, 5.74) is 8.30.